The van der Waals surface area contributed by atoms with Crippen molar-refractivity contribution in [1.29, 1.82) is 0 Å². The second kappa shape index (κ2) is 7.49. The Kier molecular flexibility index (Phi) is 5.11. The molecule has 1 aromatic carbocycles. The number of halogens is 2. The maximum atomic E-state index is 13.1. The summed E-state index contributed by atoms with van der Waals surface area (Å²) in [5, 5.41) is 0. The average molecular weight is 416 g/mol. The molecule has 2 atom stereocenters. The van der Waals surface area contributed by atoms with Crippen LogP contribution in [0.5, 0.6) is 0 Å². The fraction of sp³-hybridized carbons (Fsp3) is 0.500. The zero-order chi connectivity index (χ0) is 21.6. The Labute approximate surface area is 174 Å². The maximum absolute atomic E-state index is 13.1. The molecular weight excluding hydrogens is 390 g/mol. The molecule has 1 aliphatic heterocycles. The smallest absolute Gasteiger partial charge is 0.253 e. The lowest BCUT2D eigenvalue weighted by Gasteiger charge is -2.41. The highest BCUT2D eigenvalue weighted by Gasteiger charge is 2.56. The van der Waals surface area contributed by atoms with Gasteiger partial charge in [0.15, 0.2) is 0 Å². The van der Waals surface area contributed by atoms with Gasteiger partial charge in [-0.3, -0.25) is 14.6 Å². The first-order valence-electron chi connectivity index (χ1n) is 10.3. The summed E-state index contributed by atoms with van der Waals surface area (Å²) >= 11 is 0. The number of anilines is 2. The number of nitrogens with two attached hydrogens (primary N) is 1. The lowest BCUT2D eigenvalue weighted by molar-refractivity contribution is -0.120. The van der Waals surface area contributed by atoms with Crippen molar-refractivity contribution in [2.24, 2.45) is 22.6 Å². The molecule has 0 bridgehead atoms. The van der Waals surface area contributed by atoms with Crippen LogP contribution in [0.25, 0.3) is 5.57 Å². The van der Waals surface area contributed by atoms with Crippen LogP contribution >= 0.6 is 0 Å². The summed E-state index contributed by atoms with van der Waals surface area (Å²) in [7, 11) is 0. The molecule has 1 heterocycles. The van der Waals surface area contributed by atoms with Crippen molar-refractivity contribution in [3.05, 3.63) is 30.0 Å². The van der Waals surface area contributed by atoms with Crippen LogP contribution in [0.15, 0.2) is 29.4 Å². The van der Waals surface area contributed by atoms with Gasteiger partial charge < -0.3 is 15.5 Å². The van der Waals surface area contributed by atoms with Crippen LogP contribution in [0.3, 0.4) is 0 Å². The quantitative estimate of drug-likeness (QED) is 0.749. The van der Waals surface area contributed by atoms with Crippen LogP contribution in [-0.4, -0.2) is 43.1 Å². The van der Waals surface area contributed by atoms with Gasteiger partial charge >= 0.3 is 0 Å². The van der Waals surface area contributed by atoms with E-state index >= 15 is 0 Å². The van der Waals surface area contributed by atoms with Gasteiger partial charge in [-0.1, -0.05) is 6.07 Å². The van der Waals surface area contributed by atoms with Crippen molar-refractivity contribution in [1.82, 2.24) is 0 Å². The molecule has 30 heavy (non-hydrogen) atoms. The predicted molar refractivity (Wildman–Crippen MR) is 113 cm³/mol. The van der Waals surface area contributed by atoms with E-state index in [9.17, 15) is 18.4 Å². The van der Waals surface area contributed by atoms with E-state index in [4.69, 9.17) is 5.73 Å². The average Bonchev–Trinajstić information content (AvgIpc) is 3.61. The molecule has 1 aromatic rings. The van der Waals surface area contributed by atoms with Crippen LogP contribution in [0, 0.1) is 11.8 Å². The molecule has 0 spiro atoms. The van der Waals surface area contributed by atoms with Crippen LogP contribution in [0.2, 0.25) is 0 Å². The van der Waals surface area contributed by atoms with Crippen molar-refractivity contribution < 1.29 is 18.4 Å². The highest BCUT2D eigenvalue weighted by atomic mass is 19.3. The zero-order valence-electron chi connectivity index (χ0n) is 17.1. The number of nitrogens with zero attached hydrogens (tertiary/aromatic N) is 3. The molecule has 2 unspecified atom stereocenters. The Balaban J connectivity index is 1.64. The zero-order valence-corrected chi connectivity index (χ0v) is 17.1. The lowest BCUT2D eigenvalue weighted by atomic mass is 10.0. The van der Waals surface area contributed by atoms with Gasteiger partial charge in [-0.15, -0.1) is 0 Å². The van der Waals surface area contributed by atoms with Gasteiger partial charge in [0.1, 0.15) is 0 Å². The SMILES string of the molecule is CC(=O)N1c2ccc(C(C=NCC3CC3(F)F)=CN)cc2N(C(=O)C2CC2)CC1C. The second-order valence-electron chi connectivity index (χ2n) is 8.44. The van der Waals surface area contributed by atoms with Crippen molar-refractivity contribution in [3.63, 3.8) is 0 Å². The third-order valence-electron chi connectivity index (χ3n) is 5.97. The van der Waals surface area contributed by atoms with E-state index in [2.05, 4.69) is 4.99 Å². The van der Waals surface area contributed by atoms with Crippen LogP contribution in [0.4, 0.5) is 20.2 Å². The predicted octanol–water partition coefficient (Wildman–Crippen LogP) is 3.21. The molecule has 4 rings (SSSR count). The molecule has 2 saturated carbocycles. The standard InChI is InChI=1S/C22H26F2N4O2/c1-13-12-27(21(30)15-3-4-15)20-7-16(5-6-19(20)28(13)14(2)29)17(9-25)10-26-11-18-8-22(18,23)24/h5-7,9-10,13,15,18H,3-4,8,11-12,25H2,1-2H3. The Morgan fingerprint density at radius 1 is 1.30 bits per heavy atom. The number of benzene rings is 1. The number of carbonyl (C=O) groups excluding carboxylic acids is 2. The number of allylic oxidation sites excluding steroid dienone is 1. The number of alkyl halides is 2. The molecule has 0 saturated heterocycles. The Bertz CT molecular complexity index is 939. The molecule has 6 nitrogen and oxygen atoms in total. The topological polar surface area (TPSA) is 79.0 Å². The molecule has 160 valence electrons. The Morgan fingerprint density at radius 2 is 2.00 bits per heavy atom. The number of carbonyl (C=O) groups is 2. The van der Waals surface area contributed by atoms with E-state index in [-0.39, 0.29) is 36.7 Å². The number of rotatable bonds is 5. The van der Waals surface area contributed by atoms with Crippen LogP contribution in [-0.2, 0) is 9.59 Å². The summed E-state index contributed by atoms with van der Waals surface area (Å²) in [4.78, 5) is 32.7. The minimum absolute atomic E-state index is 0.0453. The molecule has 2 N–H and O–H groups in total. The van der Waals surface area contributed by atoms with Gasteiger partial charge in [-0.2, -0.15) is 0 Å². The van der Waals surface area contributed by atoms with E-state index in [1.54, 1.807) is 15.9 Å². The number of amides is 2. The molecule has 0 radical (unpaired) electrons. The van der Waals surface area contributed by atoms with Gasteiger partial charge in [-0.25, -0.2) is 8.78 Å². The summed E-state index contributed by atoms with van der Waals surface area (Å²) in [5.74, 6) is -3.27. The van der Waals surface area contributed by atoms with E-state index in [1.807, 2.05) is 19.1 Å². The normalized spacial score (nSPS) is 25.4. The Morgan fingerprint density at radius 3 is 2.57 bits per heavy atom. The third-order valence-corrected chi connectivity index (χ3v) is 5.97. The number of aliphatic imine (C=N–C) groups is 1. The molecule has 3 aliphatic rings. The number of hydrogen-bond donors (Lipinski definition) is 1. The molecule has 8 heteroatoms. The van der Waals surface area contributed by atoms with Crippen molar-refractivity contribution >= 4 is 35.0 Å². The minimum Gasteiger partial charge on any atom is -0.404 e. The molecule has 2 fully saturated rings. The number of hydrogen-bond acceptors (Lipinski definition) is 4. The first kappa shape index (κ1) is 20.5. The second-order valence-corrected chi connectivity index (χ2v) is 8.44. The van der Waals surface area contributed by atoms with E-state index < -0.39 is 11.8 Å². The number of fused-ring (bicyclic) bond motifs is 1. The van der Waals surface area contributed by atoms with Gasteiger partial charge in [0, 0.05) is 56.3 Å². The lowest BCUT2D eigenvalue weighted by Crippen LogP contribution is -2.51. The first-order valence-corrected chi connectivity index (χ1v) is 10.3. The van der Waals surface area contributed by atoms with Crippen molar-refractivity contribution in [2.75, 3.05) is 22.9 Å². The fourth-order valence-corrected chi connectivity index (χ4v) is 4.00. The largest absolute Gasteiger partial charge is 0.404 e. The minimum atomic E-state index is -2.60. The summed E-state index contributed by atoms with van der Waals surface area (Å²) < 4.78 is 26.1. The summed E-state index contributed by atoms with van der Waals surface area (Å²) in [6.45, 7) is 3.92. The molecule has 2 amide bonds. The van der Waals surface area contributed by atoms with E-state index in [0.717, 1.165) is 12.8 Å². The summed E-state index contributed by atoms with van der Waals surface area (Å²) in [6.07, 6.45) is 4.53. The maximum Gasteiger partial charge on any atom is 0.253 e. The summed E-state index contributed by atoms with van der Waals surface area (Å²) in [5.41, 5.74) is 8.42. The van der Waals surface area contributed by atoms with Crippen LogP contribution in [0.1, 0.15) is 38.7 Å². The van der Waals surface area contributed by atoms with Crippen LogP contribution < -0.4 is 15.5 Å². The monoisotopic (exact) mass is 416 g/mol. The van der Waals surface area contributed by atoms with E-state index in [1.165, 1.54) is 19.3 Å². The first-order chi connectivity index (χ1) is 14.2. The van der Waals surface area contributed by atoms with Crippen molar-refractivity contribution in [2.45, 2.75) is 45.1 Å². The molecule has 2 aliphatic carbocycles. The van der Waals surface area contributed by atoms with Gasteiger partial charge in [0.2, 0.25) is 11.8 Å². The van der Waals surface area contributed by atoms with Gasteiger partial charge in [0.05, 0.1) is 17.4 Å². The fourth-order valence-electron chi connectivity index (χ4n) is 4.00. The third kappa shape index (κ3) is 3.82. The molecule has 0 aromatic heterocycles. The van der Waals surface area contributed by atoms with Gasteiger partial charge in [-0.05, 0) is 37.5 Å². The highest BCUT2D eigenvalue weighted by Crippen LogP contribution is 2.48. The highest BCUT2D eigenvalue weighted by molar-refractivity contribution is 6.11. The van der Waals surface area contributed by atoms with Gasteiger partial charge in [0.25, 0.3) is 5.92 Å². The Hall–Kier alpha value is -2.77. The van der Waals surface area contributed by atoms with Crippen molar-refractivity contribution in [3.8, 4) is 0 Å². The molecular formula is C22H26F2N4O2. The van der Waals surface area contributed by atoms with E-state index in [0.29, 0.717) is 29.1 Å². The summed E-state index contributed by atoms with van der Waals surface area (Å²) in [6, 6.07) is 5.31.